The predicted molar refractivity (Wildman–Crippen MR) is 108 cm³/mol. The zero-order valence-electron chi connectivity index (χ0n) is 15.7. The van der Waals surface area contributed by atoms with Crippen molar-refractivity contribution in [2.75, 3.05) is 5.32 Å². The van der Waals surface area contributed by atoms with Crippen LogP contribution in [0.3, 0.4) is 0 Å². The summed E-state index contributed by atoms with van der Waals surface area (Å²) in [5.41, 5.74) is 2.02. The lowest BCUT2D eigenvalue weighted by Crippen LogP contribution is -2.29. The predicted octanol–water partition coefficient (Wildman–Crippen LogP) is 4.03. The molecule has 1 N–H and O–H groups in total. The minimum absolute atomic E-state index is 0.251. The molecule has 0 unspecified atom stereocenters. The Morgan fingerprint density at radius 1 is 1.07 bits per heavy atom. The molecule has 0 saturated heterocycles. The summed E-state index contributed by atoms with van der Waals surface area (Å²) in [4.78, 5) is 24.4. The standard InChI is InChI=1S/C22H22FN3O2/c1-2-3-6-16-9-11-17(12-10-16)24-21(27)15-26-22(28)14-13-20(25-26)18-7-4-5-8-19(18)23/h4-5,7-14H,2-3,6,15H2,1H3,(H,24,27). The van der Waals surface area contributed by atoms with Crippen molar-refractivity contribution >= 4 is 11.6 Å². The van der Waals surface area contributed by atoms with Crippen LogP contribution in [0.1, 0.15) is 25.3 Å². The molecule has 28 heavy (non-hydrogen) atoms. The summed E-state index contributed by atoms with van der Waals surface area (Å²) in [5, 5.41) is 6.89. The Kier molecular flexibility index (Phi) is 6.32. The number of benzene rings is 2. The smallest absolute Gasteiger partial charge is 0.267 e. The Morgan fingerprint density at radius 2 is 1.82 bits per heavy atom. The number of amides is 1. The second-order valence-electron chi connectivity index (χ2n) is 6.54. The number of aryl methyl sites for hydroxylation is 1. The molecule has 0 radical (unpaired) electrons. The molecule has 1 aromatic heterocycles. The number of carbonyl (C=O) groups is 1. The van der Waals surface area contributed by atoms with Crippen LogP contribution in [0.15, 0.2) is 65.5 Å². The van der Waals surface area contributed by atoms with Crippen molar-refractivity contribution in [3.05, 3.63) is 82.4 Å². The highest BCUT2D eigenvalue weighted by Crippen LogP contribution is 2.19. The number of hydrogen-bond acceptors (Lipinski definition) is 3. The summed E-state index contributed by atoms with van der Waals surface area (Å²) in [7, 11) is 0. The maximum atomic E-state index is 14.0. The van der Waals surface area contributed by atoms with Crippen LogP contribution in [-0.2, 0) is 17.8 Å². The minimum Gasteiger partial charge on any atom is -0.324 e. The van der Waals surface area contributed by atoms with E-state index in [0.29, 0.717) is 11.4 Å². The van der Waals surface area contributed by atoms with Gasteiger partial charge in [0.15, 0.2) is 0 Å². The average Bonchev–Trinajstić information content (AvgIpc) is 2.69. The Bertz CT molecular complexity index is 1010. The normalized spacial score (nSPS) is 10.6. The van der Waals surface area contributed by atoms with Gasteiger partial charge in [0.05, 0.1) is 5.69 Å². The van der Waals surface area contributed by atoms with Crippen LogP contribution in [0.2, 0.25) is 0 Å². The number of halogens is 1. The van der Waals surface area contributed by atoms with Crippen molar-refractivity contribution in [1.82, 2.24) is 9.78 Å². The first-order valence-corrected chi connectivity index (χ1v) is 9.28. The number of hydrogen-bond donors (Lipinski definition) is 1. The number of anilines is 1. The molecule has 0 aliphatic carbocycles. The van der Waals surface area contributed by atoms with E-state index in [9.17, 15) is 14.0 Å². The molecule has 1 heterocycles. The first kappa shape index (κ1) is 19.5. The van der Waals surface area contributed by atoms with Crippen molar-refractivity contribution in [2.45, 2.75) is 32.7 Å². The Hall–Kier alpha value is -3.28. The van der Waals surface area contributed by atoms with Crippen LogP contribution >= 0.6 is 0 Å². The van der Waals surface area contributed by atoms with Crippen molar-refractivity contribution in [3.8, 4) is 11.3 Å². The number of carbonyl (C=O) groups excluding carboxylic acids is 1. The van der Waals surface area contributed by atoms with Crippen molar-refractivity contribution < 1.29 is 9.18 Å². The first-order chi connectivity index (χ1) is 13.6. The zero-order valence-corrected chi connectivity index (χ0v) is 15.7. The SMILES string of the molecule is CCCCc1ccc(NC(=O)Cn2nc(-c3ccccc3F)ccc2=O)cc1. The molecule has 2 aromatic carbocycles. The molecule has 3 rings (SSSR count). The monoisotopic (exact) mass is 379 g/mol. The van der Waals surface area contributed by atoms with Gasteiger partial charge in [-0.2, -0.15) is 5.10 Å². The molecular weight excluding hydrogens is 357 g/mol. The average molecular weight is 379 g/mol. The van der Waals surface area contributed by atoms with Gasteiger partial charge in [0, 0.05) is 17.3 Å². The Morgan fingerprint density at radius 3 is 2.54 bits per heavy atom. The molecule has 5 nitrogen and oxygen atoms in total. The summed E-state index contributed by atoms with van der Waals surface area (Å²) >= 11 is 0. The molecule has 144 valence electrons. The largest absolute Gasteiger partial charge is 0.324 e. The topological polar surface area (TPSA) is 64.0 Å². The van der Waals surface area contributed by atoms with Crippen LogP contribution in [-0.4, -0.2) is 15.7 Å². The van der Waals surface area contributed by atoms with Gasteiger partial charge in [-0.1, -0.05) is 37.6 Å². The van der Waals surface area contributed by atoms with Crippen molar-refractivity contribution in [1.29, 1.82) is 0 Å². The van der Waals surface area contributed by atoms with Crippen LogP contribution in [0.5, 0.6) is 0 Å². The van der Waals surface area contributed by atoms with E-state index in [0.717, 1.165) is 23.9 Å². The zero-order chi connectivity index (χ0) is 19.9. The fourth-order valence-corrected chi connectivity index (χ4v) is 2.85. The van der Waals surface area contributed by atoms with Gasteiger partial charge in [0.2, 0.25) is 5.91 Å². The van der Waals surface area contributed by atoms with Gasteiger partial charge in [0.25, 0.3) is 5.56 Å². The lowest BCUT2D eigenvalue weighted by molar-refractivity contribution is -0.117. The minimum atomic E-state index is -0.437. The van der Waals surface area contributed by atoms with Crippen molar-refractivity contribution in [3.63, 3.8) is 0 Å². The number of nitrogens with one attached hydrogen (secondary N) is 1. The van der Waals surface area contributed by atoms with Gasteiger partial charge >= 0.3 is 0 Å². The lowest BCUT2D eigenvalue weighted by Gasteiger charge is -2.09. The van der Waals surface area contributed by atoms with Crippen LogP contribution < -0.4 is 10.9 Å². The second kappa shape index (κ2) is 9.08. The fraction of sp³-hybridized carbons (Fsp3) is 0.227. The van der Waals surface area contributed by atoms with Crippen LogP contribution in [0.4, 0.5) is 10.1 Å². The third-order valence-corrected chi connectivity index (χ3v) is 4.37. The maximum absolute atomic E-state index is 14.0. The quantitative estimate of drug-likeness (QED) is 0.674. The van der Waals surface area contributed by atoms with Gasteiger partial charge in [-0.3, -0.25) is 9.59 Å². The van der Waals surface area contributed by atoms with Crippen LogP contribution in [0, 0.1) is 5.82 Å². The highest BCUT2D eigenvalue weighted by atomic mass is 19.1. The van der Waals surface area contributed by atoms with Crippen molar-refractivity contribution in [2.24, 2.45) is 0 Å². The molecule has 0 spiro atoms. The summed E-state index contributed by atoms with van der Waals surface area (Å²) in [5.74, 6) is -0.811. The summed E-state index contributed by atoms with van der Waals surface area (Å²) < 4.78 is 15.0. The van der Waals surface area contributed by atoms with E-state index in [1.165, 1.54) is 23.8 Å². The molecule has 0 saturated carbocycles. The third kappa shape index (κ3) is 4.91. The van der Waals surface area contributed by atoms with E-state index in [1.54, 1.807) is 18.2 Å². The van der Waals surface area contributed by atoms with Gasteiger partial charge in [-0.15, -0.1) is 0 Å². The molecule has 1 amide bonds. The third-order valence-electron chi connectivity index (χ3n) is 4.37. The Balaban J connectivity index is 1.71. The number of nitrogens with zero attached hydrogens (tertiary/aromatic N) is 2. The molecular formula is C22H22FN3O2. The molecule has 0 aliphatic rings. The van der Waals surface area contributed by atoms with E-state index in [2.05, 4.69) is 17.3 Å². The van der Waals surface area contributed by atoms with Gasteiger partial charge in [0.1, 0.15) is 12.4 Å². The molecule has 0 bridgehead atoms. The highest BCUT2D eigenvalue weighted by molar-refractivity contribution is 5.90. The van der Waals surface area contributed by atoms with E-state index >= 15 is 0 Å². The van der Waals surface area contributed by atoms with E-state index in [1.807, 2.05) is 24.3 Å². The first-order valence-electron chi connectivity index (χ1n) is 9.28. The maximum Gasteiger partial charge on any atom is 0.267 e. The summed E-state index contributed by atoms with van der Waals surface area (Å²) in [6, 6.07) is 16.5. The number of rotatable bonds is 7. The molecule has 3 aromatic rings. The van der Waals surface area contributed by atoms with Gasteiger partial charge in [-0.25, -0.2) is 9.07 Å². The summed E-state index contributed by atoms with van der Waals surface area (Å²) in [6.07, 6.45) is 3.26. The highest BCUT2D eigenvalue weighted by Gasteiger charge is 2.10. The van der Waals surface area contributed by atoms with Crippen LogP contribution in [0.25, 0.3) is 11.3 Å². The van der Waals surface area contributed by atoms with Gasteiger partial charge in [-0.05, 0) is 48.7 Å². The fourth-order valence-electron chi connectivity index (χ4n) is 2.85. The molecule has 6 heteroatoms. The molecule has 0 aliphatic heterocycles. The molecule has 0 atom stereocenters. The number of unbranched alkanes of at least 4 members (excludes halogenated alkanes) is 1. The molecule has 0 fully saturated rings. The summed E-state index contributed by atoms with van der Waals surface area (Å²) in [6.45, 7) is 1.89. The number of aromatic nitrogens is 2. The van der Waals surface area contributed by atoms with E-state index in [-0.39, 0.29) is 18.0 Å². The lowest BCUT2D eigenvalue weighted by atomic mass is 10.1. The Labute approximate surface area is 162 Å². The van der Waals surface area contributed by atoms with Gasteiger partial charge < -0.3 is 5.32 Å². The second-order valence-corrected chi connectivity index (χ2v) is 6.54. The van der Waals surface area contributed by atoms with E-state index in [4.69, 9.17) is 0 Å². The van der Waals surface area contributed by atoms with E-state index < -0.39 is 11.4 Å².